The number of cyclic esters (lactones) is 2. The fraction of sp³-hybridized carbons (Fsp3) is 0.958. The van der Waals surface area contributed by atoms with Crippen LogP contribution in [0.3, 0.4) is 0 Å². The molecule has 688 valence electrons. The Bertz CT molecular complexity index is 1800. The molecule has 0 aromatic heterocycles. The Labute approximate surface area is 748 Å². The van der Waals surface area contributed by atoms with Crippen LogP contribution in [0.5, 0.6) is 0 Å². The molecule has 0 radical (unpaired) electrons. The second-order valence-corrected chi connectivity index (χ2v) is 53.5. The molecule has 12 saturated heterocycles. The molecule has 116 heavy (non-hydrogen) atoms. The average molecular weight is 1780 g/mol. The zero-order chi connectivity index (χ0) is 87.2. The molecule has 12 nitrogen and oxygen atoms in total. The van der Waals surface area contributed by atoms with Gasteiger partial charge in [0.1, 0.15) is 11.6 Å². The third-order valence-electron chi connectivity index (χ3n) is 24.3. The summed E-state index contributed by atoms with van der Waals surface area (Å²) in [5.41, 5.74) is 2.32. The maximum absolute atomic E-state index is 11.0. The van der Waals surface area contributed by atoms with Crippen molar-refractivity contribution in [1.29, 1.82) is 0 Å². The van der Waals surface area contributed by atoms with Crippen LogP contribution >= 0.6 is 70.6 Å². The fourth-order valence-electron chi connectivity index (χ4n) is 14.3. The van der Waals surface area contributed by atoms with Crippen LogP contribution in [0, 0.1) is 94.7 Å². The number of esters is 2. The van der Waals surface area contributed by atoms with Gasteiger partial charge in [-0.1, -0.05) is 187 Å². The highest BCUT2D eigenvalue weighted by atomic mass is 32.2. The van der Waals surface area contributed by atoms with Crippen LogP contribution in [0.15, 0.2) is 0 Å². The molecule has 12 aliphatic heterocycles. The molecule has 0 spiro atoms. The summed E-state index contributed by atoms with van der Waals surface area (Å²) in [6.07, 6.45) is 28.8. The summed E-state index contributed by atoms with van der Waals surface area (Å²) < 4.78 is 43.1. The largest absolute Gasteiger partial charge is 0.462 e. The van der Waals surface area contributed by atoms with Crippen molar-refractivity contribution in [3.05, 3.63) is 0 Å². The number of ketones is 2. The summed E-state index contributed by atoms with van der Waals surface area (Å²) in [5.74, 6) is 20.1. The number of Topliss-reactive ketones (excluding diaryl/α,β-unsaturated/α-hetero) is 2. The first-order valence-electron chi connectivity index (χ1n) is 47.5. The number of thioether (sulfide) groups is 6. The first kappa shape index (κ1) is 115. The van der Waals surface area contributed by atoms with Gasteiger partial charge in [0.2, 0.25) is 0 Å². The summed E-state index contributed by atoms with van der Waals surface area (Å²) >= 11 is 12.6. The molecule has 2 aliphatic carbocycles. The molecular weight excluding hydrogens is 1590 g/mol. The Morgan fingerprint density at radius 2 is 0.509 bits per heavy atom. The van der Waals surface area contributed by atoms with E-state index in [4.69, 9.17) is 37.9 Å². The molecule has 20 atom stereocenters. The topological polar surface area (TPSA) is 142 Å². The lowest BCUT2D eigenvalue weighted by Crippen LogP contribution is -2.27. The van der Waals surface area contributed by atoms with Gasteiger partial charge in [-0.05, 0) is 252 Å². The fourth-order valence-corrected chi connectivity index (χ4v) is 25.4. The maximum atomic E-state index is 11.0. The zero-order valence-electron chi connectivity index (χ0n) is 80.4. The molecule has 2 saturated carbocycles. The van der Waals surface area contributed by atoms with E-state index in [0.717, 1.165) is 169 Å². The minimum Gasteiger partial charge on any atom is -0.462 e. The zero-order valence-corrected chi connectivity index (χ0v) is 88.1. The van der Waals surface area contributed by atoms with Gasteiger partial charge in [-0.2, -0.15) is 23.5 Å². The van der Waals surface area contributed by atoms with Crippen molar-refractivity contribution in [2.75, 3.05) is 74.2 Å². The first-order chi connectivity index (χ1) is 54.7. The van der Waals surface area contributed by atoms with Gasteiger partial charge in [0.05, 0.1) is 62.7 Å². The van der Waals surface area contributed by atoms with Gasteiger partial charge in [0.25, 0.3) is 0 Å². The molecule has 14 aliphatic rings. The summed E-state index contributed by atoms with van der Waals surface area (Å²) in [7, 11) is 0.771. The van der Waals surface area contributed by atoms with E-state index in [1.807, 2.05) is 55.4 Å². The quantitative estimate of drug-likeness (QED) is 0.167. The Morgan fingerprint density at radius 3 is 0.707 bits per heavy atom. The van der Waals surface area contributed by atoms with Crippen LogP contribution in [0.4, 0.5) is 0 Å². The van der Waals surface area contributed by atoms with Gasteiger partial charge in [-0.25, -0.2) is 0 Å². The molecule has 12 heterocycles. The Balaban J connectivity index is 0.000000625. The van der Waals surface area contributed by atoms with Crippen molar-refractivity contribution in [3.8, 4) is 0 Å². The second-order valence-electron chi connectivity index (χ2n) is 39.4. The van der Waals surface area contributed by atoms with Crippen LogP contribution in [0.1, 0.15) is 335 Å². The molecule has 0 N–H and O–H groups in total. The number of hydrogen-bond donors (Lipinski definition) is 0. The predicted octanol–water partition coefficient (Wildman–Crippen LogP) is 26.0. The lowest BCUT2D eigenvalue weighted by molar-refractivity contribution is -0.187. The number of rotatable bonds is 0. The van der Waals surface area contributed by atoms with Crippen molar-refractivity contribution < 1.29 is 57.1 Å². The molecule has 0 aromatic carbocycles. The van der Waals surface area contributed by atoms with Crippen LogP contribution in [-0.4, -0.2) is 173 Å². The SMILES string of the molecule is CC1CCC(C)C(=O)C1.CC1CCC(C)C(=O)C1.CC1CCC(C)C(=O)O1.CC1CCC(C)C(=O)O1.CC1CCC(C)OC1.CC1CCC(C)OC1.CC1CCC(C)SC1.CC1CCC(C)SC1.CC1CCC(C)[SiH2]C1.CC1CCC(C)[SiH2]C1.CC1COC(C)OC1.CC1COC(C)OC1.CC1CSC(C)SC1.CC1CSC(C)SC1. The highest BCUT2D eigenvalue weighted by molar-refractivity contribution is 8.17. The van der Waals surface area contributed by atoms with E-state index in [1.54, 1.807) is 12.1 Å². The van der Waals surface area contributed by atoms with E-state index in [9.17, 15) is 19.2 Å². The average Bonchev–Trinajstić information content (AvgIpc) is 0.909. The maximum Gasteiger partial charge on any atom is 0.308 e. The summed E-state index contributed by atoms with van der Waals surface area (Å²) in [6.45, 7) is 66.5. The van der Waals surface area contributed by atoms with E-state index < -0.39 is 0 Å². The summed E-state index contributed by atoms with van der Waals surface area (Å²) in [6, 6.07) is 3.22. The smallest absolute Gasteiger partial charge is 0.308 e. The van der Waals surface area contributed by atoms with E-state index >= 15 is 0 Å². The number of carbonyl (C=O) groups excluding carboxylic acids is 4. The standard InChI is InChI=1S/2C8H14O.2C7H12O2.2C7H14O.2C7H14S.2C7H16Si.2C6H12O2.2C6H12S2/c2*1-6-3-4-7(2)8(9)5-6;2*1-5-3-4-6(2)9-7(5)8;6*1-6-3-4-7(2)8-5-6;4*1-5-3-7-6(2)8-4-5/h2*6-7H,3-5H2,1-2H3;2*5-6H,3-4H2,1-2H3;4*6-7H,3-5H2,1-2H3;2*6-7H,3-5,8H2,1-2H3;4*5-6H,3-4H2,1-2H3. The van der Waals surface area contributed by atoms with Gasteiger partial charge >= 0.3 is 11.9 Å². The van der Waals surface area contributed by atoms with Crippen LogP contribution in [0.2, 0.25) is 23.2 Å². The minimum atomic E-state index is -0.0336. The van der Waals surface area contributed by atoms with Gasteiger partial charge in [-0.15, -0.1) is 47.0 Å². The lowest BCUT2D eigenvalue weighted by Gasteiger charge is -2.24. The number of ether oxygens (including phenoxy) is 8. The van der Waals surface area contributed by atoms with Crippen molar-refractivity contribution in [2.24, 2.45) is 94.7 Å². The van der Waals surface area contributed by atoms with E-state index in [2.05, 4.69) is 209 Å². The van der Waals surface area contributed by atoms with Crippen molar-refractivity contribution in [3.63, 3.8) is 0 Å². The molecule has 20 unspecified atom stereocenters. The highest BCUT2D eigenvalue weighted by Gasteiger charge is 2.28. The van der Waals surface area contributed by atoms with E-state index in [0.29, 0.717) is 78.3 Å². The summed E-state index contributed by atoms with van der Waals surface area (Å²) in [4.78, 5) is 43.6. The molecule has 14 fully saturated rings. The molecular formula is C96H188O12S6Si2. The van der Waals surface area contributed by atoms with Gasteiger partial charge in [-0.3, -0.25) is 19.2 Å². The normalized spacial score (nSPS) is 39.1. The first-order valence-corrected chi connectivity index (χ1v) is 57.5. The predicted molar refractivity (Wildman–Crippen MR) is 521 cm³/mol. The second kappa shape index (κ2) is 68.7. The molecule has 0 aromatic rings. The minimum absolute atomic E-state index is 0.0196. The molecule has 14 rings (SSSR count). The molecule has 0 bridgehead atoms. The van der Waals surface area contributed by atoms with Crippen LogP contribution in [0.25, 0.3) is 0 Å². The van der Waals surface area contributed by atoms with Crippen molar-refractivity contribution in [1.82, 2.24) is 0 Å². The van der Waals surface area contributed by atoms with Crippen LogP contribution < -0.4 is 0 Å². The Morgan fingerprint density at radius 1 is 0.241 bits per heavy atom. The van der Waals surface area contributed by atoms with Gasteiger partial charge in [0, 0.05) is 88.4 Å². The Hall–Kier alpha value is 0.574. The Kier molecular flexibility index (Phi) is 67.9. The van der Waals surface area contributed by atoms with Gasteiger partial charge < -0.3 is 37.9 Å². The summed E-state index contributed by atoms with van der Waals surface area (Å²) in [5, 5.41) is 1.87. The van der Waals surface area contributed by atoms with Gasteiger partial charge in [0.15, 0.2) is 12.6 Å². The third kappa shape index (κ3) is 63.5. The lowest BCUT2D eigenvalue weighted by atomic mass is 9.83. The van der Waals surface area contributed by atoms with Crippen LogP contribution in [-0.2, 0) is 57.1 Å². The van der Waals surface area contributed by atoms with Crippen molar-refractivity contribution >= 4 is 113 Å². The molecule has 0 amide bonds. The number of hydrogen-bond acceptors (Lipinski definition) is 18. The highest BCUT2D eigenvalue weighted by Crippen LogP contribution is 2.35. The van der Waals surface area contributed by atoms with Crippen molar-refractivity contribution in [2.45, 2.75) is 415 Å². The third-order valence-corrected chi connectivity index (χ3v) is 39.4. The van der Waals surface area contributed by atoms with E-state index in [-0.39, 0.29) is 48.6 Å². The molecule has 20 heteroatoms. The number of carbonyl (C=O) groups is 4. The monoisotopic (exact) mass is 1780 g/mol. The van der Waals surface area contributed by atoms with E-state index in [1.165, 1.54) is 124 Å².